The SMILES string of the molecule is Cc1ccc(C)c(OCn2ccc(C(=O)Nc3ccc([N+](=O)[O-])cc3)n2)c1. The molecule has 1 N–H and O–H groups in total. The number of amides is 1. The third kappa shape index (κ3) is 4.49. The predicted octanol–water partition coefficient (Wildman–Crippen LogP) is 3.70. The van der Waals surface area contributed by atoms with Crippen LogP contribution in [0.5, 0.6) is 5.75 Å². The summed E-state index contributed by atoms with van der Waals surface area (Å²) in [4.78, 5) is 22.4. The predicted molar refractivity (Wildman–Crippen MR) is 99.8 cm³/mol. The number of hydrogen-bond donors (Lipinski definition) is 1. The van der Waals surface area contributed by atoms with Gasteiger partial charge in [0.25, 0.3) is 11.6 Å². The normalized spacial score (nSPS) is 10.4. The number of benzene rings is 2. The van der Waals surface area contributed by atoms with Crippen LogP contribution >= 0.6 is 0 Å². The lowest BCUT2D eigenvalue weighted by Gasteiger charge is -2.09. The maximum Gasteiger partial charge on any atom is 0.276 e. The van der Waals surface area contributed by atoms with Crippen LogP contribution in [-0.2, 0) is 6.73 Å². The van der Waals surface area contributed by atoms with Gasteiger partial charge in [-0.15, -0.1) is 0 Å². The van der Waals surface area contributed by atoms with Gasteiger partial charge < -0.3 is 10.1 Å². The molecule has 1 heterocycles. The van der Waals surface area contributed by atoms with Crippen LogP contribution < -0.4 is 10.1 Å². The average Bonchev–Trinajstić information content (AvgIpc) is 3.12. The Balaban J connectivity index is 1.61. The fourth-order valence-electron chi connectivity index (χ4n) is 2.41. The van der Waals surface area contributed by atoms with E-state index in [4.69, 9.17) is 4.74 Å². The largest absolute Gasteiger partial charge is 0.471 e. The van der Waals surface area contributed by atoms with Crippen molar-refractivity contribution in [1.29, 1.82) is 0 Å². The maximum absolute atomic E-state index is 12.3. The first-order chi connectivity index (χ1) is 12.9. The molecule has 3 rings (SSSR count). The minimum absolute atomic E-state index is 0.0409. The minimum Gasteiger partial charge on any atom is -0.471 e. The zero-order valence-electron chi connectivity index (χ0n) is 14.9. The van der Waals surface area contributed by atoms with Crippen molar-refractivity contribution < 1.29 is 14.5 Å². The number of nitrogens with zero attached hydrogens (tertiary/aromatic N) is 3. The third-order valence-electron chi connectivity index (χ3n) is 3.91. The fraction of sp³-hybridized carbons (Fsp3) is 0.158. The van der Waals surface area contributed by atoms with Crippen LogP contribution in [0.3, 0.4) is 0 Å². The number of carbonyl (C=O) groups is 1. The highest BCUT2D eigenvalue weighted by molar-refractivity contribution is 6.02. The molecule has 1 aromatic heterocycles. The number of hydrogen-bond acceptors (Lipinski definition) is 5. The first-order valence-electron chi connectivity index (χ1n) is 8.22. The van der Waals surface area contributed by atoms with Gasteiger partial charge in [0.1, 0.15) is 5.75 Å². The third-order valence-corrected chi connectivity index (χ3v) is 3.91. The summed E-state index contributed by atoms with van der Waals surface area (Å²) in [6, 6.07) is 13.1. The van der Waals surface area contributed by atoms with Gasteiger partial charge in [-0.3, -0.25) is 14.9 Å². The van der Waals surface area contributed by atoms with Gasteiger partial charge in [0.05, 0.1) is 4.92 Å². The molecule has 0 atom stereocenters. The summed E-state index contributed by atoms with van der Waals surface area (Å²) < 4.78 is 7.28. The quantitative estimate of drug-likeness (QED) is 0.530. The lowest BCUT2D eigenvalue weighted by Crippen LogP contribution is -2.14. The lowest BCUT2D eigenvalue weighted by molar-refractivity contribution is -0.384. The molecule has 0 aliphatic rings. The van der Waals surface area contributed by atoms with Crippen LogP contribution in [0.2, 0.25) is 0 Å². The molecule has 0 unspecified atom stereocenters. The number of aryl methyl sites for hydroxylation is 2. The average molecular weight is 366 g/mol. The Morgan fingerprint density at radius 1 is 1.19 bits per heavy atom. The first-order valence-corrected chi connectivity index (χ1v) is 8.22. The Hall–Kier alpha value is -3.68. The smallest absolute Gasteiger partial charge is 0.276 e. The van der Waals surface area contributed by atoms with Gasteiger partial charge in [-0.05, 0) is 49.2 Å². The second-order valence-electron chi connectivity index (χ2n) is 6.04. The molecule has 2 aromatic carbocycles. The summed E-state index contributed by atoms with van der Waals surface area (Å²) in [5.41, 5.74) is 2.74. The van der Waals surface area contributed by atoms with Crippen molar-refractivity contribution in [2.45, 2.75) is 20.6 Å². The van der Waals surface area contributed by atoms with E-state index in [2.05, 4.69) is 10.4 Å². The molecule has 0 saturated carbocycles. The molecule has 0 aliphatic carbocycles. The van der Waals surface area contributed by atoms with Crippen molar-refractivity contribution in [2.24, 2.45) is 0 Å². The highest BCUT2D eigenvalue weighted by atomic mass is 16.6. The second-order valence-corrected chi connectivity index (χ2v) is 6.04. The molecule has 0 radical (unpaired) electrons. The summed E-state index contributed by atoms with van der Waals surface area (Å²) in [6.07, 6.45) is 1.65. The molecule has 8 heteroatoms. The molecule has 0 spiro atoms. The Morgan fingerprint density at radius 3 is 2.63 bits per heavy atom. The summed E-state index contributed by atoms with van der Waals surface area (Å²) >= 11 is 0. The van der Waals surface area contributed by atoms with E-state index in [1.165, 1.54) is 28.9 Å². The van der Waals surface area contributed by atoms with E-state index >= 15 is 0 Å². The lowest BCUT2D eigenvalue weighted by atomic mass is 10.1. The van der Waals surface area contributed by atoms with Gasteiger partial charge >= 0.3 is 0 Å². The Bertz CT molecular complexity index is 980. The number of nitro groups is 1. The standard InChI is InChI=1S/C19H18N4O4/c1-13-3-4-14(2)18(11-13)27-12-22-10-9-17(21-22)19(24)20-15-5-7-16(8-6-15)23(25)26/h3-11H,12H2,1-2H3,(H,20,24). The van der Waals surface area contributed by atoms with E-state index in [0.717, 1.165) is 16.9 Å². The number of non-ortho nitro benzene ring substituents is 1. The number of aromatic nitrogens is 2. The van der Waals surface area contributed by atoms with Gasteiger partial charge in [0.15, 0.2) is 12.4 Å². The monoisotopic (exact) mass is 366 g/mol. The highest BCUT2D eigenvalue weighted by Gasteiger charge is 2.11. The van der Waals surface area contributed by atoms with E-state index in [-0.39, 0.29) is 18.1 Å². The van der Waals surface area contributed by atoms with E-state index in [1.54, 1.807) is 12.3 Å². The molecule has 0 saturated heterocycles. The van der Waals surface area contributed by atoms with E-state index < -0.39 is 10.8 Å². The zero-order valence-corrected chi connectivity index (χ0v) is 14.9. The van der Waals surface area contributed by atoms with Crippen LogP contribution in [0.4, 0.5) is 11.4 Å². The zero-order chi connectivity index (χ0) is 19.4. The molecule has 8 nitrogen and oxygen atoms in total. The van der Waals surface area contributed by atoms with Gasteiger partial charge in [-0.2, -0.15) is 5.10 Å². The van der Waals surface area contributed by atoms with Crippen molar-refractivity contribution in [3.05, 3.63) is 81.7 Å². The van der Waals surface area contributed by atoms with Crippen molar-refractivity contribution in [2.75, 3.05) is 5.32 Å². The van der Waals surface area contributed by atoms with Gasteiger partial charge in [-0.25, -0.2) is 4.68 Å². The highest BCUT2D eigenvalue weighted by Crippen LogP contribution is 2.19. The van der Waals surface area contributed by atoms with Crippen LogP contribution in [0.25, 0.3) is 0 Å². The second kappa shape index (κ2) is 7.69. The van der Waals surface area contributed by atoms with Gasteiger partial charge in [-0.1, -0.05) is 12.1 Å². The molecular formula is C19H18N4O4. The molecule has 27 heavy (non-hydrogen) atoms. The summed E-state index contributed by atoms with van der Waals surface area (Å²) in [7, 11) is 0. The number of ether oxygens (including phenoxy) is 1. The van der Waals surface area contributed by atoms with Crippen LogP contribution in [-0.4, -0.2) is 20.6 Å². The topological polar surface area (TPSA) is 99.3 Å². The molecule has 0 fully saturated rings. The Kier molecular flexibility index (Phi) is 5.16. The van der Waals surface area contributed by atoms with E-state index in [9.17, 15) is 14.9 Å². The summed E-state index contributed by atoms with van der Waals surface area (Å²) in [6.45, 7) is 4.12. The maximum atomic E-state index is 12.3. The van der Waals surface area contributed by atoms with Crippen molar-refractivity contribution in [3.8, 4) is 5.75 Å². The van der Waals surface area contributed by atoms with Crippen LogP contribution in [0.15, 0.2) is 54.7 Å². The fourth-order valence-corrected chi connectivity index (χ4v) is 2.41. The van der Waals surface area contributed by atoms with Crippen molar-refractivity contribution in [1.82, 2.24) is 9.78 Å². The molecular weight excluding hydrogens is 348 g/mol. The molecule has 138 valence electrons. The molecule has 1 amide bonds. The summed E-state index contributed by atoms with van der Waals surface area (Å²) in [5.74, 6) is 0.358. The molecule has 0 bridgehead atoms. The van der Waals surface area contributed by atoms with E-state index in [0.29, 0.717) is 5.69 Å². The number of nitrogens with one attached hydrogen (secondary N) is 1. The Labute approximate surface area is 155 Å². The summed E-state index contributed by atoms with van der Waals surface area (Å²) in [5, 5.41) is 17.5. The van der Waals surface area contributed by atoms with E-state index in [1.807, 2.05) is 32.0 Å². The van der Waals surface area contributed by atoms with Crippen LogP contribution in [0.1, 0.15) is 21.6 Å². The Morgan fingerprint density at radius 2 is 1.93 bits per heavy atom. The van der Waals surface area contributed by atoms with Gasteiger partial charge in [0.2, 0.25) is 0 Å². The van der Waals surface area contributed by atoms with Gasteiger partial charge in [0, 0.05) is 24.0 Å². The molecule has 3 aromatic rings. The van der Waals surface area contributed by atoms with Crippen molar-refractivity contribution in [3.63, 3.8) is 0 Å². The van der Waals surface area contributed by atoms with Crippen molar-refractivity contribution >= 4 is 17.3 Å². The number of carbonyl (C=O) groups excluding carboxylic acids is 1. The number of nitro benzene ring substituents is 1. The number of anilines is 1. The first kappa shape index (κ1) is 18.1. The van der Waals surface area contributed by atoms with Crippen LogP contribution in [0, 0.1) is 24.0 Å². The molecule has 0 aliphatic heterocycles. The number of rotatable bonds is 6. The minimum atomic E-state index is -0.497.